The summed E-state index contributed by atoms with van der Waals surface area (Å²) < 4.78 is 0. The number of hydrogen-bond donors (Lipinski definition) is 5. The molecule has 0 heterocycles. The fourth-order valence-corrected chi connectivity index (χ4v) is 0. The van der Waals surface area contributed by atoms with Crippen molar-refractivity contribution in [2.75, 3.05) is 0 Å². The zero-order chi connectivity index (χ0) is 24.1. The first-order valence-corrected chi connectivity index (χ1v) is 7.04. The third kappa shape index (κ3) is 267. The Morgan fingerprint density at radius 1 is 0.500 bits per heavy atom. The predicted octanol–water partition coefficient (Wildman–Crippen LogP) is 2.70. The van der Waals surface area contributed by atoms with Gasteiger partial charge >= 0.3 is 29.8 Å². The van der Waals surface area contributed by atoms with Crippen LogP contribution in [0.25, 0.3) is 0 Å². The van der Waals surface area contributed by atoms with Crippen LogP contribution in [0.1, 0.15) is 20.3 Å². The lowest BCUT2D eigenvalue weighted by molar-refractivity contribution is -0.132. The molecule has 28 heavy (non-hydrogen) atoms. The molecule has 0 aliphatic heterocycles. The Morgan fingerprint density at radius 2 is 0.536 bits per heavy atom. The molecule has 0 amide bonds. The molecule has 0 saturated carbocycles. The maximum Gasteiger partial charge on any atom is 0.327 e. The average Bonchev–Trinajstić information content (AvgIpc) is 2.63. The van der Waals surface area contributed by atoms with E-state index < -0.39 is 29.8 Å². The highest BCUT2D eigenvalue weighted by Crippen LogP contribution is 1.57. The number of aliphatic carboxylic acids is 5. The fourth-order valence-electron chi connectivity index (χ4n) is 0. The van der Waals surface area contributed by atoms with Crippen LogP contribution in [0.4, 0.5) is 0 Å². The minimum atomic E-state index is -0.981. The number of carboxylic acids is 5. The quantitative estimate of drug-likeness (QED) is 0.426. The Morgan fingerprint density at radius 3 is 0.536 bits per heavy atom. The van der Waals surface area contributed by atoms with Gasteiger partial charge in [0.2, 0.25) is 0 Å². The zero-order valence-electron chi connectivity index (χ0n) is 15.9. The van der Waals surface area contributed by atoms with E-state index in [0.717, 1.165) is 30.4 Å². The highest BCUT2D eigenvalue weighted by molar-refractivity contribution is 5.80. The van der Waals surface area contributed by atoms with Crippen molar-refractivity contribution in [2.45, 2.75) is 20.3 Å². The molecule has 0 radical (unpaired) electrons. The Kier molecular flexibility index (Phi) is 54.0. The highest BCUT2D eigenvalue weighted by atomic mass is 16.4. The zero-order valence-corrected chi connectivity index (χ0v) is 15.9. The van der Waals surface area contributed by atoms with E-state index in [0.29, 0.717) is 0 Å². The Labute approximate surface area is 163 Å². The van der Waals surface area contributed by atoms with Crippen molar-refractivity contribution in [2.24, 2.45) is 0 Å². The largest absolute Gasteiger partial charge is 0.478 e. The van der Waals surface area contributed by atoms with Gasteiger partial charge in [-0.3, -0.25) is 0 Å². The standard InChI is InChI=1S/5C3H4O2.C3H8/c5*1-2-3(4)5;1-3-2/h5*2H,1H2,(H,4,5);3H2,1-2H3. The first-order valence-electron chi connectivity index (χ1n) is 7.04. The summed E-state index contributed by atoms with van der Waals surface area (Å²) in [5.74, 6) is -4.91. The molecule has 0 aromatic heterocycles. The van der Waals surface area contributed by atoms with Gasteiger partial charge in [0.15, 0.2) is 0 Å². The van der Waals surface area contributed by atoms with E-state index in [1.165, 1.54) is 6.42 Å². The minimum Gasteiger partial charge on any atom is -0.478 e. The van der Waals surface area contributed by atoms with Gasteiger partial charge in [-0.1, -0.05) is 53.2 Å². The fraction of sp³-hybridized carbons (Fsp3) is 0.167. The molecule has 0 saturated heterocycles. The van der Waals surface area contributed by atoms with Gasteiger partial charge in [-0.15, -0.1) is 0 Å². The predicted molar refractivity (Wildman–Crippen MR) is 105 cm³/mol. The molecule has 0 rings (SSSR count). The SMILES string of the molecule is C=CC(=O)O.C=CC(=O)O.C=CC(=O)O.C=CC(=O)O.C=CC(=O)O.CCC. The van der Waals surface area contributed by atoms with Gasteiger partial charge in [0, 0.05) is 30.4 Å². The van der Waals surface area contributed by atoms with Crippen LogP contribution in [-0.4, -0.2) is 55.4 Å². The van der Waals surface area contributed by atoms with Crippen molar-refractivity contribution in [3.8, 4) is 0 Å². The second kappa shape index (κ2) is 38.6. The van der Waals surface area contributed by atoms with Gasteiger partial charge in [0.25, 0.3) is 0 Å². The minimum absolute atomic E-state index is 0.833. The molecule has 0 fully saturated rings. The van der Waals surface area contributed by atoms with E-state index in [1.807, 2.05) is 0 Å². The summed E-state index contributed by atoms with van der Waals surface area (Å²) in [5, 5.41) is 38.0. The van der Waals surface area contributed by atoms with E-state index in [2.05, 4.69) is 46.7 Å². The van der Waals surface area contributed by atoms with Gasteiger partial charge in [-0.05, 0) is 0 Å². The number of hydrogen-bond acceptors (Lipinski definition) is 5. The first kappa shape index (κ1) is 39.2. The number of carbonyl (C=O) groups is 5. The molecule has 10 nitrogen and oxygen atoms in total. The van der Waals surface area contributed by atoms with Crippen LogP contribution < -0.4 is 0 Å². The molecule has 0 aliphatic rings. The Bertz CT molecular complexity index is 400. The Hall–Kier alpha value is -3.95. The van der Waals surface area contributed by atoms with Crippen molar-refractivity contribution < 1.29 is 49.5 Å². The van der Waals surface area contributed by atoms with Gasteiger partial charge in [0.1, 0.15) is 0 Å². The molecule has 0 aromatic rings. The van der Waals surface area contributed by atoms with Crippen LogP contribution in [-0.2, 0) is 24.0 Å². The van der Waals surface area contributed by atoms with Crippen LogP contribution >= 0.6 is 0 Å². The van der Waals surface area contributed by atoms with Crippen molar-refractivity contribution in [3.05, 3.63) is 63.3 Å². The lowest BCUT2D eigenvalue weighted by Crippen LogP contribution is -1.82. The van der Waals surface area contributed by atoms with E-state index in [4.69, 9.17) is 25.5 Å². The number of rotatable bonds is 5. The van der Waals surface area contributed by atoms with Crippen LogP contribution in [0.5, 0.6) is 0 Å². The van der Waals surface area contributed by atoms with Gasteiger partial charge in [-0.25, -0.2) is 24.0 Å². The molecular formula is C18H28O10. The van der Waals surface area contributed by atoms with Crippen LogP contribution in [0.15, 0.2) is 63.3 Å². The van der Waals surface area contributed by atoms with E-state index in [9.17, 15) is 24.0 Å². The summed E-state index contributed by atoms with van der Waals surface area (Å²) in [6.07, 6.45) is 5.42. The third-order valence-corrected chi connectivity index (χ3v) is 0.873. The van der Waals surface area contributed by atoms with E-state index in [-0.39, 0.29) is 0 Å². The topological polar surface area (TPSA) is 186 Å². The molecular weight excluding hydrogens is 376 g/mol. The smallest absolute Gasteiger partial charge is 0.327 e. The molecule has 0 aliphatic carbocycles. The summed E-state index contributed by atoms with van der Waals surface area (Å²) in [6, 6.07) is 0. The summed E-state index contributed by atoms with van der Waals surface area (Å²) in [6.45, 7) is 19.1. The molecule has 0 aromatic carbocycles. The summed E-state index contributed by atoms with van der Waals surface area (Å²) in [5.41, 5.74) is 0. The van der Waals surface area contributed by atoms with E-state index >= 15 is 0 Å². The number of carboxylic acid groups (broad SMARTS) is 5. The van der Waals surface area contributed by atoms with Gasteiger partial charge < -0.3 is 25.5 Å². The summed E-state index contributed by atoms with van der Waals surface area (Å²) in [4.78, 5) is 46.2. The van der Waals surface area contributed by atoms with Crippen LogP contribution in [0.2, 0.25) is 0 Å². The maximum atomic E-state index is 9.25. The average molecular weight is 404 g/mol. The molecule has 5 N–H and O–H groups in total. The lowest BCUT2D eigenvalue weighted by atomic mass is 10.6. The van der Waals surface area contributed by atoms with Crippen molar-refractivity contribution in [3.63, 3.8) is 0 Å². The highest BCUT2D eigenvalue weighted by Gasteiger charge is 1.75. The van der Waals surface area contributed by atoms with Gasteiger partial charge in [-0.2, -0.15) is 0 Å². The van der Waals surface area contributed by atoms with Gasteiger partial charge in [0.05, 0.1) is 0 Å². The molecule has 10 heteroatoms. The molecule has 0 unspecified atom stereocenters. The van der Waals surface area contributed by atoms with E-state index in [1.54, 1.807) is 0 Å². The molecule has 0 spiro atoms. The van der Waals surface area contributed by atoms with Crippen molar-refractivity contribution >= 4 is 29.8 Å². The van der Waals surface area contributed by atoms with Crippen molar-refractivity contribution in [1.29, 1.82) is 0 Å². The lowest BCUT2D eigenvalue weighted by Gasteiger charge is -1.64. The molecule has 0 atom stereocenters. The first-order chi connectivity index (χ1) is 12.8. The molecule has 0 bridgehead atoms. The van der Waals surface area contributed by atoms with Crippen molar-refractivity contribution in [1.82, 2.24) is 0 Å². The summed E-state index contributed by atoms with van der Waals surface area (Å²) in [7, 11) is 0. The second-order valence-electron chi connectivity index (χ2n) is 3.42. The third-order valence-electron chi connectivity index (χ3n) is 0.873. The monoisotopic (exact) mass is 404 g/mol. The summed E-state index contributed by atoms with van der Waals surface area (Å²) >= 11 is 0. The maximum absolute atomic E-state index is 9.25. The Balaban J connectivity index is -0.0000000522. The second-order valence-corrected chi connectivity index (χ2v) is 3.42. The van der Waals surface area contributed by atoms with Crippen LogP contribution in [0, 0.1) is 0 Å². The molecule has 160 valence electrons. The van der Waals surface area contributed by atoms with Crippen LogP contribution in [0.3, 0.4) is 0 Å². The normalized spacial score (nSPS) is 6.36.